The third kappa shape index (κ3) is 5.56. The molecule has 0 rings (SSSR count). The van der Waals surface area contributed by atoms with Gasteiger partial charge in [0.2, 0.25) is 0 Å². The van der Waals surface area contributed by atoms with Crippen LogP contribution in [0.1, 0.15) is 41.0 Å². The minimum atomic E-state index is -1.01. The van der Waals surface area contributed by atoms with Gasteiger partial charge in [0.05, 0.1) is 0 Å². The average Bonchev–Trinajstić information content (AvgIpc) is 2.23. The number of urea groups is 1. The second-order valence-electron chi connectivity index (χ2n) is 4.85. The number of hydrogen-bond donors (Lipinski definition) is 3. The summed E-state index contributed by atoms with van der Waals surface area (Å²) in [4.78, 5) is 22.5. The molecule has 3 atom stereocenters. The van der Waals surface area contributed by atoms with Crippen molar-refractivity contribution in [3.63, 3.8) is 0 Å². The monoisotopic (exact) mass is 244 g/mol. The molecule has 0 spiro atoms. The Morgan fingerprint density at radius 3 is 2.00 bits per heavy atom. The summed E-state index contributed by atoms with van der Waals surface area (Å²) in [5, 5.41) is 14.2. The van der Waals surface area contributed by atoms with Crippen molar-refractivity contribution in [2.24, 2.45) is 11.8 Å². The van der Waals surface area contributed by atoms with Gasteiger partial charge in [-0.25, -0.2) is 9.59 Å². The fourth-order valence-corrected chi connectivity index (χ4v) is 1.40. The Kier molecular flexibility index (Phi) is 6.61. The molecule has 0 bridgehead atoms. The van der Waals surface area contributed by atoms with Gasteiger partial charge in [0.1, 0.15) is 6.04 Å². The van der Waals surface area contributed by atoms with E-state index in [1.165, 1.54) is 0 Å². The van der Waals surface area contributed by atoms with E-state index in [2.05, 4.69) is 17.6 Å². The molecule has 5 heteroatoms. The molecule has 0 aromatic rings. The van der Waals surface area contributed by atoms with Gasteiger partial charge in [-0.05, 0) is 18.8 Å². The highest BCUT2D eigenvalue weighted by Gasteiger charge is 2.24. The SMILES string of the molecule is CCC(C)C(C)NC(=O)N[C@@H](C(=O)O)C(C)C. The summed E-state index contributed by atoms with van der Waals surface area (Å²) in [7, 11) is 0. The van der Waals surface area contributed by atoms with Gasteiger partial charge < -0.3 is 15.7 Å². The number of carboxylic acid groups (broad SMARTS) is 1. The highest BCUT2D eigenvalue weighted by molar-refractivity contribution is 5.82. The van der Waals surface area contributed by atoms with Crippen LogP contribution >= 0.6 is 0 Å². The van der Waals surface area contributed by atoms with E-state index in [-0.39, 0.29) is 12.0 Å². The zero-order valence-electron chi connectivity index (χ0n) is 11.3. The quantitative estimate of drug-likeness (QED) is 0.667. The van der Waals surface area contributed by atoms with Gasteiger partial charge in [-0.1, -0.05) is 34.1 Å². The molecule has 2 unspecified atom stereocenters. The summed E-state index contributed by atoms with van der Waals surface area (Å²) in [6.45, 7) is 9.53. The molecule has 0 aromatic carbocycles. The first-order valence-corrected chi connectivity index (χ1v) is 6.09. The smallest absolute Gasteiger partial charge is 0.326 e. The van der Waals surface area contributed by atoms with Crippen LogP contribution in [0.5, 0.6) is 0 Å². The van der Waals surface area contributed by atoms with Crippen LogP contribution in [0.15, 0.2) is 0 Å². The largest absolute Gasteiger partial charge is 0.480 e. The first kappa shape index (κ1) is 15.7. The number of hydrogen-bond acceptors (Lipinski definition) is 2. The average molecular weight is 244 g/mol. The van der Waals surface area contributed by atoms with Gasteiger partial charge in [-0.3, -0.25) is 0 Å². The molecule has 100 valence electrons. The van der Waals surface area contributed by atoms with Crippen LogP contribution in [0.25, 0.3) is 0 Å². The summed E-state index contributed by atoms with van der Waals surface area (Å²) in [6.07, 6.45) is 0.966. The van der Waals surface area contributed by atoms with E-state index >= 15 is 0 Å². The summed E-state index contributed by atoms with van der Waals surface area (Å²) in [5.74, 6) is -0.786. The number of aliphatic carboxylic acids is 1. The first-order valence-electron chi connectivity index (χ1n) is 6.09. The van der Waals surface area contributed by atoms with E-state index in [9.17, 15) is 9.59 Å². The Morgan fingerprint density at radius 1 is 1.12 bits per heavy atom. The molecule has 0 fully saturated rings. The van der Waals surface area contributed by atoms with E-state index in [1.54, 1.807) is 13.8 Å². The number of carbonyl (C=O) groups excluding carboxylic acids is 1. The molecule has 17 heavy (non-hydrogen) atoms. The van der Waals surface area contributed by atoms with Crippen LogP contribution in [-0.4, -0.2) is 29.2 Å². The van der Waals surface area contributed by atoms with Crippen molar-refractivity contribution >= 4 is 12.0 Å². The van der Waals surface area contributed by atoms with Crippen molar-refractivity contribution in [1.29, 1.82) is 0 Å². The molecule has 3 N–H and O–H groups in total. The normalized spacial score (nSPS) is 16.1. The number of nitrogens with one attached hydrogen (secondary N) is 2. The van der Waals surface area contributed by atoms with Crippen LogP contribution in [-0.2, 0) is 4.79 Å². The maximum absolute atomic E-state index is 11.6. The Morgan fingerprint density at radius 2 is 1.65 bits per heavy atom. The Balaban J connectivity index is 4.29. The third-order valence-corrected chi connectivity index (χ3v) is 3.08. The van der Waals surface area contributed by atoms with Crippen molar-refractivity contribution in [2.45, 2.75) is 53.1 Å². The van der Waals surface area contributed by atoms with Gasteiger partial charge in [0.25, 0.3) is 0 Å². The minimum Gasteiger partial charge on any atom is -0.480 e. The Labute approximate surface area is 103 Å². The predicted octanol–water partition coefficient (Wildman–Crippen LogP) is 1.83. The molecule has 0 heterocycles. The predicted molar refractivity (Wildman–Crippen MR) is 66.8 cm³/mol. The van der Waals surface area contributed by atoms with E-state index in [0.717, 1.165) is 6.42 Å². The lowest BCUT2D eigenvalue weighted by atomic mass is 10.0. The second kappa shape index (κ2) is 7.14. The first-order chi connectivity index (χ1) is 7.79. The number of amides is 2. The zero-order chi connectivity index (χ0) is 13.6. The van der Waals surface area contributed by atoms with Gasteiger partial charge >= 0.3 is 12.0 Å². The number of rotatable bonds is 6. The summed E-state index contributed by atoms with van der Waals surface area (Å²) >= 11 is 0. The van der Waals surface area contributed by atoms with Gasteiger partial charge in [0.15, 0.2) is 0 Å². The van der Waals surface area contributed by atoms with Crippen LogP contribution in [0.4, 0.5) is 4.79 Å². The highest BCUT2D eigenvalue weighted by Crippen LogP contribution is 2.07. The summed E-state index contributed by atoms with van der Waals surface area (Å²) < 4.78 is 0. The standard InChI is InChI=1S/C12H24N2O3/c1-6-8(4)9(5)13-12(17)14-10(7(2)3)11(15)16/h7-10H,6H2,1-5H3,(H,15,16)(H2,13,14,17)/t8?,9?,10-/m1/s1. The Hall–Kier alpha value is -1.26. The molecule has 0 radical (unpaired) electrons. The second-order valence-corrected chi connectivity index (χ2v) is 4.85. The van der Waals surface area contributed by atoms with Crippen LogP contribution < -0.4 is 10.6 Å². The topological polar surface area (TPSA) is 78.4 Å². The molecule has 0 saturated carbocycles. The zero-order valence-corrected chi connectivity index (χ0v) is 11.3. The molecule has 0 aliphatic carbocycles. The molecule has 0 saturated heterocycles. The molecular weight excluding hydrogens is 220 g/mol. The molecule has 0 aromatic heterocycles. The highest BCUT2D eigenvalue weighted by atomic mass is 16.4. The minimum absolute atomic E-state index is 0.0293. The van der Waals surface area contributed by atoms with E-state index in [1.807, 2.05) is 13.8 Å². The van der Waals surface area contributed by atoms with Gasteiger partial charge in [0, 0.05) is 6.04 Å². The number of carboxylic acids is 1. The van der Waals surface area contributed by atoms with Crippen molar-refractivity contribution in [3.8, 4) is 0 Å². The molecular formula is C12H24N2O3. The fourth-order valence-electron chi connectivity index (χ4n) is 1.40. The van der Waals surface area contributed by atoms with Crippen molar-refractivity contribution in [1.82, 2.24) is 10.6 Å². The maximum atomic E-state index is 11.6. The van der Waals surface area contributed by atoms with Crippen molar-refractivity contribution in [2.75, 3.05) is 0 Å². The van der Waals surface area contributed by atoms with E-state index in [4.69, 9.17) is 5.11 Å². The fraction of sp³-hybridized carbons (Fsp3) is 0.833. The Bertz CT molecular complexity index is 266. The maximum Gasteiger partial charge on any atom is 0.326 e. The lowest BCUT2D eigenvalue weighted by molar-refractivity contribution is -0.140. The molecule has 0 aliphatic rings. The van der Waals surface area contributed by atoms with Crippen molar-refractivity contribution in [3.05, 3.63) is 0 Å². The molecule has 2 amide bonds. The molecule has 0 aliphatic heterocycles. The van der Waals surface area contributed by atoms with Crippen LogP contribution in [0.2, 0.25) is 0 Å². The molecule has 5 nitrogen and oxygen atoms in total. The van der Waals surface area contributed by atoms with Gasteiger partial charge in [-0.2, -0.15) is 0 Å². The van der Waals surface area contributed by atoms with E-state index < -0.39 is 18.0 Å². The summed E-state index contributed by atoms with van der Waals surface area (Å²) in [6, 6.07) is -1.24. The lowest BCUT2D eigenvalue weighted by Crippen LogP contribution is -2.51. The third-order valence-electron chi connectivity index (χ3n) is 3.08. The van der Waals surface area contributed by atoms with Crippen LogP contribution in [0.3, 0.4) is 0 Å². The van der Waals surface area contributed by atoms with Crippen LogP contribution in [0, 0.1) is 11.8 Å². The van der Waals surface area contributed by atoms with Crippen molar-refractivity contribution < 1.29 is 14.7 Å². The lowest BCUT2D eigenvalue weighted by Gasteiger charge is -2.23. The van der Waals surface area contributed by atoms with E-state index in [0.29, 0.717) is 5.92 Å². The van der Waals surface area contributed by atoms with Gasteiger partial charge in [-0.15, -0.1) is 0 Å². The summed E-state index contributed by atoms with van der Waals surface area (Å²) in [5.41, 5.74) is 0. The number of carbonyl (C=O) groups is 2.